The molecule has 6 nitrogen and oxygen atoms in total. The molecule has 7 heteroatoms. The summed E-state index contributed by atoms with van der Waals surface area (Å²) in [5.41, 5.74) is 3.83. The monoisotopic (exact) mass is 463 g/mol. The van der Waals surface area contributed by atoms with E-state index in [-0.39, 0.29) is 30.5 Å². The van der Waals surface area contributed by atoms with Crippen molar-refractivity contribution in [3.05, 3.63) is 59.9 Å². The first-order chi connectivity index (χ1) is 15.8. The van der Waals surface area contributed by atoms with E-state index in [4.69, 9.17) is 18.5 Å². The van der Waals surface area contributed by atoms with Crippen LogP contribution in [0, 0.1) is 0 Å². The molecule has 0 saturated carbocycles. The zero-order valence-electron chi connectivity index (χ0n) is 21.2. The van der Waals surface area contributed by atoms with Crippen LogP contribution < -0.4 is 5.32 Å². The lowest BCUT2D eigenvalue weighted by molar-refractivity contribution is 0.00578. The number of rotatable bonds is 5. The minimum atomic E-state index is -0.426. The summed E-state index contributed by atoms with van der Waals surface area (Å²) in [5, 5.41) is 3.85. The fourth-order valence-corrected chi connectivity index (χ4v) is 3.98. The number of carbonyl (C=O) groups excluding carboxylic acids is 1. The van der Waals surface area contributed by atoms with Crippen LogP contribution in [0.5, 0.6) is 0 Å². The van der Waals surface area contributed by atoms with Crippen molar-refractivity contribution in [1.29, 1.82) is 0 Å². The third-order valence-corrected chi connectivity index (χ3v) is 6.45. The van der Waals surface area contributed by atoms with Gasteiger partial charge in [-0.3, -0.25) is 0 Å². The normalized spacial score (nSPS) is 17.2. The molecule has 1 amide bonds. The number of amides is 1. The van der Waals surface area contributed by atoms with E-state index in [1.807, 2.05) is 57.2 Å². The second-order valence-electron chi connectivity index (χ2n) is 11.0. The standard InChI is InChI=1S/C27H34BNO5/c1-25(2,3)29-24(30)32-16-18-9-8-10-19(13-18)20-11-12-23-22(14-20)21(17-31-23)15-28-33-26(4,5)27(6,7)34-28/h8-14,17H,15-16H2,1-7H3,(H,29,30). The predicted octanol–water partition coefficient (Wildman–Crippen LogP) is 6.30. The highest BCUT2D eigenvalue weighted by Gasteiger charge is 2.51. The van der Waals surface area contributed by atoms with E-state index in [9.17, 15) is 4.79 Å². The average molecular weight is 463 g/mol. The molecule has 1 saturated heterocycles. The van der Waals surface area contributed by atoms with Crippen LogP contribution in [0.2, 0.25) is 0 Å². The van der Waals surface area contributed by atoms with Gasteiger partial charge in [-0.1, -0.05) is 24.3 Å². The van der Waals surface area contributed by atoms with Gasteiger partial charge in [-0.05, 0) is 88.9 Å². The van der Waals surface area contributed by atoms with E-state index in [0.29, 0.717) is 6.32 Å². The van der Waals surface area contributed by atoms with Gasteiger partial charge < -0.3 is 23.8 Å². The number of alkyl carbamates (subject to hydrolysis) is 1. The fourth-order valence-electron chi connectivity index (χ4n) is 3.98. The highest BCUT2D eigenvalue weighted by Crippen LogP contribution is 2.38. The first kappa shape index (κ1) is 24.4. The first-order valence-corrected chi connectivity index (χ1v) is 11.7. The molecule has 0 atom stereocenters. The van der Waals surface area contributed by atoms with E-state index in [2.05, 4.69) is 39.1 Å². The number of hydrogen-bond donors (Lipinski definition) is 1. The number of fused-ring (bicyclic) bond motifs is 1. The molecule has 1 aliphatic rings. The summed E-state index contributed by atoms with van der Waals surface area (Å²) in [7, 11) is -0.325. The van der Waals surface area contributed by atoms with E-state index in [0.717, 1.165) is 33.2 Å². The Morgan fingerprint density at radius 3 is 2.35 bits per heavy atom. The Balaban J connectivity index is 1.51. The van der Waals surface area contributed by atoms with Gasteiger partial charge in [-0.15, -0.1) is 0 Å². The van der Waals surface area contributed by atoms with Crippen LogP contribution in [0.15, 0.2) is 53.1 Å². The molecule has 0 aliphatic carbocycles. The zero-order chi connectivity index (χ0) is 24.7. The van der Waals surface area contributed by atoms with Crippen LogP contribution in [0.3, 0.4) is 0 Å². The summed E-state index contributed by atoms with van der Waals surface area (Å²) in [5.74, 6) is 0. The third kappa shape index (κ3) is 5.31. The number of benzene rings is 2. The summed E-state index contributed by atoms with van der Waals surface area (Å²) < 4.78 is 23.6. The lowest BCUT2D eigenvalue weighted by atomic mass is 9.80. The van der Waals surface area contributed by atoms with Gasteiger partial charge in [-0.2, -0.15) is 0 Å². The molecule has 1 N–H and O–H groups in total. The number of carbonyl (C=O) groups is 1. The van der Waals surface area contributed by atoms with Crippen LogP contribution in [-0.2, 0) is 27.0 Å². The second-order valence-corrected chi connectivity index (χ2v) is 11.0. The highest BCUT2D eigenvalue weighted by molar-refractivity contribution is 6.45. The van der Waals surface area contributed by atoms with Crippen LogP contribution in [0.1, 0.15) is 59.6 Å². The Morgan fingerprint density at radius 1 is 1.00 bits per heavy atom. The Morgan fingerprint density at radius 2 is 1.68 bits per heavy atom. The SMILES string of the molecule is CC(C)(C)NC(=O)OCc1cccc(-c2ccc3occ(CB4OC(C)(C)C(C)(C)O4)c3c2)c1. The molecule has 1 fully saturated rings. The molecular formula is C27H34BNO5. The molecule has 0 unspecified atom stereocenters. The van der Waals surface area contributed by atoms with Gasteiger partial charge in [0.15, 0.2) is 0 Å². The summed E-state index contributed by atoms with van der Waals surface area (Å²) in [6.07, 6.45) is 1.97. The number of ether oxygens (including phenoxy) is 1. The van der Waals surface area contributed by atoms with Crippen molar-refractivity contribution in [1.82, 2.24) is 5.32 Å². The number of furan rings is 1. The smallest absolute Gasteiger partial charge is 0.462 e. The topological polar surface area (TPSA) is 69.9 Å². The van der Waals surface area contributed by atoms with Crippen molar-refractivity contribution in [2.75, 3.05) is 0 Å². The van der Waals surface area contributed by atoms with Crippen molar-refractivity contribution in [2.45, 2.75) is 78.1 Å². The lowest BCUT2D eigenvalue weighted by Gasteiger charge is -2.32. The maximum absolute atomic E-state index is 12.0. The maximum atomic E-state index is 12.0. The molecule has 2 aromatic carbocycles. The third-order valence-electron chi connectivity index (χ3n) is 6.45. The molecule has 0 bridgehead atoms. The minimum Gasteiger partial charge on any atom is -0.464 e. The van der Waals surface area contributed by atoms with Gasteiger partial charge >= 0.3 is 13.2 Å². The molecule has 0 radical (unpaired) electrons. The quantitative estimate of drug-likeness (QED) is 0.450. The molecule has 34 heavy (non-hydrogen) atoms. The summed E-state index contributed by atoms with van der Waals surface area (Å²) in [6.45, 7) is 14.2. The Kier molecular flexibility index (Phi) is 6.30. The van der Waals surface area contributed by atoms with Gasteiger partial charge in [0.1, 0.15) is 12.2 Å². The molecule has 0 spiro atoms. The predicted molar refractivity (Wildman–Crippen MR) is 135 cm³/mol. The van der Waals surface area contributed by atoms with Crippen molar-refractivity contribution < 1.29 is 23.3 Å². The van der Waals surface area contributed by atoms with E-state index < -0.39 is 6.09 Å². The minimum absolute atomic E-state index is 0.205. The van der Waals surface area contributed by atoms with E-state index in [1.54, 1.807) is 6.26 Å². The molecule has 4 rings (SSSR count). The fraction of sp³-hybridized carbons (Fsp3) is 0.444. The first-order valence-electron chi connectivity index (χ1n) is 11.7. The second kappa shape index (κ2) is 8.79. The van der Waals surface area contributed by atoms with Crippen molar-refractivity contribution >= 4 is 24.2 Å². The summed E-state index contributed by atoms with van der Waals surface area (Å²) >= 11 is 0. The van der Waals surface area contributed by atoms with E-state index >= 15 is 0 Å². The highest BCUT2D eigenvalue weighted by atomic mass is 16.7. The Hall–Kier alpha value is -2.77. The van der Waals surface area contributed by atoms with Gasteiger partial charge in [0.2, 0.25) is 0 Å². The Labute approximate surface area is 202 Å². The van der Waals surface area contributed by atoms with Crippen molar-refractivity contribution in [3.8, 4) is 11.1 Å². The molecule has 1 aliphatic heterocycles. The van der Waals surface area contributed by atoms with Crippen LogP contribution in [-0.4, -0.2) is 30.0 Å². The molecule has 180 valence electrons. The molecule has 1 aromatic heterocycles. The van der Waals surface area contributed by atoms with Gasteiger partial charge in [0.05, 0.1) is 17.5 Å². The molecular weight excluding hydrogens is 429 g/mol. The lowest BCUT2D eigenvalue weighted by Crippen LogP contribution is -2.41. The Bertz CT molecular complexity index is 1180. The zero-order valence-corrected chi connectivity index (χ0v) is 21.2. The molecule has 3 aromatic rings. The summed E-state index contributed by atoms with van der Waals surface area (Å²) in [4.78, 5) is 12.0. The largest absolute Gasteiger partial charge is 0.464 e. The van der Waals surface area contributed by atoms with Gasteiger partial charge in [0, 0.05) is 17.2 Å². The van der Waals surface area contributed by atoms with Crippen LogP contribution in [0.25, 0.3) is 22.1 Å². The van der Waals surface area contributed by atoms with Crippen molar-refractivity contribution in [2.24, 2.45) is 0 Å². The van der Waals surface area contributed by atoms with Crippen LogP contribution >= 0.6 is 0 Å². The molecule has 2 heterocycles. The van der Waals surface area contributed by atoms with Gasteiger partial charge in [0.25, 0.3) is 0 Å². The average Bonchev–Trinajstić information content (AvgIpc) is 3.21. The maximum Gasteiger partial charge on any atom is 0.462 e. The number of nitrogens with one attached hydrogen (secondary N) is 1. The van der Waals surface area contributed by atoms with Gasteiger partial charge in [-0.25, -0.2) is 4.79 Å². The van der Waals surface area contributed by atoms with E-state index in [1.165, 1.54) is 0 Å². The van der Waals surface area contributed by atoms with Crippen molar-refractivity contribution in [3.63, 3.8) is 0 Å². The summed E-state index contributed by atoms with van der Waals surface area (Å²) in [6, 6.07) is 14.2. The van der Waals surface area contributed by atoms with Crippen LogP contribution in [0.4, 0.5) is 4.79 Å². The number of hydrogen-bond acceptors (Lipinski definition) is 5.